The van der Waals surface area contributed by atoms with Crippen molar-refractivity contribution in [3.05, 3.63) is 23.8 Å². The van der Waals surface area contributed by atoms with Crippen LogP contribution in [-0.2, 0) is 16.3 Å². The first-order valence-electron chi connectivity index (χ1n) is 6.86. The Kier molecular flexibility index (Phi) is 3.39. The molecule has 1 saturated heterocycles. The second kappa shape index (κ2) is 5.04. The molecule has 2 aliphatic heterocycles. The van der Waals surface area contributed by atoms with E-state index in [9.17, 15) is 8.42 Å². The Balaban J connectivity index is 1.67. The fourth-order valence-corrected chi connectivity index (χ4v) is 4.14. The molecule has 0 radical (unpaired) electrons. The summed E-state index contributed by atoms with van der Waals surface area (Å²) in [6, 6.07) is 6.14. The van der Waals surface area contributed by atoms with Crippen molar-refractivity contribution in [2.24, 2.45) is 0 Å². The van der Waals surface area contributed by atoms with Crippen molar-refractivity contribution in [2.75, 3.05) is 23.4 Å². The Hall–Kier alpha value is -1.23. The molecule has 0 unspecified atom stereocenters. The van der Waals surface area contributed by atoms with Crippen molar-refractivity contribution in [1.29, 1.82) is 0 Å². The highest BCUT2D eigenvalue weighted by molar-refractivity contribution is 7.91. The number of anilines is 1. The van der Waals surface area contributed by atoms with Crippen LogP contribution in [0.1, 0.15) is 24.8 Å². The molecular weight excluding hydrogens is 262 g/mol. The van der Waals surface area contributed by atoms with Gasteiger partial charge in [0.1, 0.15) is 11.9 Å². The molecule has 0 aliphatic carbocycles. The number of aryl methyl sites for hydroxylation is 1. The van der Waals surface area contributed by atoms with Gasteiger partial charge < -0.3 is 10.1 Å². The van der Waals surface area contributed by atoms with Crippen molar-refractivity contribution in [2.45, 2.75) is 31.8 Å². The molecule has 5 heteroatoms. The molecule has 104 valence electrons. The predicted octanol–water partition coefficient (Wildman–Crippen LogP) is 2.00. The molecule has 2 aliphatic rings. The van der Waals surface area contributed by atoms with Gasteiger partial charge in [-0.25, -0.2) is 8.42 Å². The predicted molar refractivity (Wildman–Crippen MR) is 75.6 cm³/mol. The molecule has 0 saturated carbocycles. The Morgan fingerprint density at radius 3 is 2.79 bits per heavy atom. The van der Waals surface area contributed by atoms with Crippen LogP contribution in [0.15, 0.2) is 18.2 Å². The van der Waals surface area contributed by atoms with Gasteiger partial charge in [0.2, 0.25) is 0 Å². The minimum Gasteiger partial charge on any atom is -0.490 e. The van der Waals surface area contributed by atoms with Gasteiger partial charge >= 0.3 is 0 Å². The van der Waals surface area contributed by atoms with Crippen LogP contribution in [0.25, 0.3) is 0 Å². The summed E-state index contributed by atoms with van der Waals surface area (Å²) in [7, 11) is -2.81. The average molecular weight is 281 g/mol. The fourth-order valence-electron chi connectivity index (χ4n) is 2.69. The maximum absolute atomic E-state index is 11.4. The standard InChI is InChI=1S/C14H19NO3S/c16-19(17)8-5-12(6-9-19)18-13-4-3-11-2-1-7-15-14(11)10-13/h3-4,10,12,15H,1-2,5-9H2. The molecule has 1 aromatic rings. The molecule has 4 nitrogen and oxygen atoms in total. The molecule has 0 atom stereocenters. The molecular formula is C14H19NO3S. The second-order valence-corrected chi connectivity index (χ2v) is 7.62. The Morgan fingerprint density at radius 2 is 2.00 bits per heavy atom. The maximum atomic E-state index is 11.4. The summed E-state index contributed by atoms with van der Waals surface area (Å²) >= 11 is 0. The van der Waals surface area contributed by atoms with Crippen molar-refractivity contribution >= 4 is 15.5 Å². The Bertz CT molecular complexity index is 554. The maximum Gasteiger partial charge on any atom is 0.150 e. The van der Waals surface area contributed by atoms with Crippen molar-refractivity contribution in [3.63, 3.8) is 0 Å². The molecule has 3 rings (SSSR count). The number of nitrogens with one attached hydrogen (secondary N) is 1. The first-order chi connectivity index (χ1) is 9.12. The summed E-state index contributed by atoms with van der Waals surface area (Å²) in [5, 5.41) is 3.38. The SMILES string of the molecule is O=S1(=O)CCC(Oc2ccc3c(c2)NCCC3)CC1. The number of fused-ring (bicyclic) bond motifs is 1. The van der Waals surface area contributed by atoms with Crippen LogP contribution < -0.4 is 10.1 Å². The Morgan fingerprint density at radius 1 is 1.21 bits per heavy atom. The summed E-state index contributed by atoms with van der Waals surface area (Å²) in [6.07, 6.45) is 3.53. The zero-order valence-corrected chi connectivity index (χ0v) is 11.7. The highest BCUT2D eigenvalue weighted by Gasteiger charge is 2.25. The summed E-state index contributed by atoms with van der Waals surface area (Å²) in [6.45, 7) is 1.01. The van der Waals surface area contributed by atoms with Crippen LogP contribution in [0.5, 0.6) is 5.75 Å². The minimum atomic E-state index is -2.81. The van der Waals surface area contributed by atoms with Crippen LogP contribution in [-0.4, -0.2) is 32.6 Å². The summed E-state index contributed by atoms with van der Waals surface area (Å²) in [5.74, 6) is 1.35. The molecule has 0 spiro atoms. The molecule has 0 amide bonds. The highest BCUT2D eigenvalue weighted by atomic mass is 32.2. The van der Waals surface area contributed by atoms with E-state index in [-0.39, 0.29) is 17.6 Å². The highest BCUT2D eigenvalue weighted by Crippen LogP contribution is 2.28. The van der Waals surface area contributed by atoms with Crippen LogP contribution >= 0.6 is 0 Å². The monoisotopic (exact) mass is 281 g/mol. The van der Waals surface area contributed by atoms with Gasteiger partial charge in [-0.2, -0.15) is 0 Å². The number of rotatable bonds is 2. The van der Waals surface area contributed by atoms with E-state index in [1.807, 2.05) is 12.1 Å². The molecule has 19 heavy (non-hydrogen) atoms. The van der Waals surface area contributed by atoms with E-state index in [2.05, 4.69) is 11.4 Å². The zero-order valence-electron chi connectivity index (χ0n) is 10.9. The van der Waals surface area contributed by atoms with Crippen LogP contribution in [0.4, 0.5) is 5.69 Å². The lowest BCUT2D eigenvalue weighted by atomic mass is 10.0. The number of hydrogen-bond donors (Lipinski definition) is 1. The number of hydrogen-bond acceptors (Lipinski definition) is 4. The van der Waals surface area contributed by atoms with Crippen LogP contribution in [0.2, 0.25) is 0 Å². The van der Waals surface area contributed by atoms with Crippen molar-refractivity contribution in [3.8, 4) is 5.75 Å². The van der Waals surface area contributed by atoms with E-state index >= 15 is 0 Å². The molecule has 1 aromatic carbocycles. The molecule has 2 heterocycles. The lowest BCUT2D eigenvalue weighted by Crippen LogP contribution is -2.30. The van der Waals surface area contributed by atoms with Gasteiger partial charge in [0, 0.05) is 18.3 Å². The topological polar surface area (TPSA) is 55.4 Å². The van der Waals surface area contributed by atoms with Gasteiger partial charge in [0.25, 0.3) is 0 Å². The van der Waals surface area contributed by atoms with Crippen molar-refractivity contribution in [1.82, 2.24) is 0 Å². The quantitative estimate of drug-likeness (QED) is 0.901. The Labute approximate surface area is 114 Å². The lowest BCUT2D eigenvalue weighted by Gasteiger charge is -2.24. The van der Waals surface area contributed by atoms with Gasteiger partial charge in [0.15, 0.2) is 9.84 Å². The van der Waals surface area contributed by atoms with Gasteiger partial charge in [-0.15, -0.1) is 0 Å². The van der Waals surface area contributed by atoms with Gasteiger partial charge in [0.05, 0.1) is 11.5 Å². The molecule has 0 bridgehead atoms. The fraction of sp³-hybridized carbons (Fsp3) is 0.571. The lowest BCUT2D eigenvalue weighted by molar-refractivity contribution is 0.189. The normalized spacial score (nSPS) is 22.3. The third-order valence-corrected chi connectivity index (χ3v) is 5.54. The van der Waals surface area contributed by atoms with E-state index < -0.39 is 9.84 Å². The first-order valence-corrected chi connectivity index (χ1v) is 8.68. The first kappa shape index (κ1) is 12.8. The third-order valence-electron chi connectivity index (χ3n) is 3.82. The average Bonchev–Trinajstić information content (AvgIpc) is 2.41. The number of benzene rings is 1. The molecule has 0 aromatic heterocycles. The van der Waals surface area contributed by atoms with E-state index in [0.717, 1.165) is 24.4 Å². The van der Waals surface area contributed by atoms with Gasteiger partial charge in [-0.05, 0) is 37.3 Å². The van der Waals surface area contributed by atoms with Crippen LogP contribution in [0, 0.1) is 0 Å². The van der Waals surface area contributed by atoms with Crippen LogP contribution in [0.3, 0.4) is 0 Å². The van der Waals surface area contributed by atoms with E-state index in [0.29, 0.717) is 12.8 Å². The number of sulfone groups is 1. The number of ether oxygens (including phenoxy) is 1. The summed E-state index contributed by atoms with van der Waals surface area (Å²) in [4.78, 5) is 0. The molecule has 1 fully saturated rings. The van der Waals surface area contributed by atoms with Crippen molar-refractivity contribution < 1.29 is 13.2 Å². The third kappa shape index (κ3) is 3.03. The largest absolute Gasteiger partial charge is 0.490 e. The van der Waals surface area contributed by atoms with E-state index in [1.54, 1.807) is 0 Å². The summed E-state index contributed by atoms with van der Waals surface area (Å²) in [5.41, 5.74) is 2.50. The van der Waals surface area contributed by atoms with Gasteiger partial charge in [-0.3, -0.25) is 0 Å². The van der Waals surface area contributed by atoms with Gasteiger partial charge in [-0.1, -0.05) is 6.07 Å². The molecule has 1 N–H and O–H groups in total. The minimum absolute atomic E-state index is 0.0326. The van der Waals surface area contributed by atoms with E-state index in [1.165, 1.54) is 12.0 Å². The second-order valence-electron chi connectivity index (χ2n) is 5.32. The smallest absolute Gasteiger partial charge is 0.150 e. The summed E-state index contributed by atoms with van der Waals surface area (Å²) < 4.78 is 28.7. The zero-order chi connectivity index (χ0) is 13.3. The van der Waals surface area contributed by atoms with E-state index in [4.69, 9.17) is 4.74 Å².